The van der Waals surface area contributed by atoms with Crippen molar-refractivity contribution >= 4 is 33.5 Å². The zero-order valence-corrected chi connectivity index (χ0v) is 12.5. The lowest BCUT2D eigenvalue weighted by molar-refractivity contribution is -0.130. The Bertz CT molecular complexity index is 543. The molecule has 1 saturated heterocycles. The van der Waals surface area contributed by atoms with Gasteiger partial charge in [-0.3, -0.25) is 4.79 Å². The fourth-order valence-corrected chi connectivity index (χ4v) is 2.17. The van der Waals surface area contributed by atoms with Crippen molar-refractivity contribution in [2.24, 2.45) is 0 Å². The van der Waals surface area contributed by atoms with Crippen LogP contribution in [0.2, 0.25) is 0 Å². The summed E-state index contributed by atoms with van der Waals surface area (Å²) in [4.78, 5) is 22.9. The number of carboxylic acid groups (broad SMARTS) is 1. The number of hydrogen-bond acceptors (Lipinski definition) is 4. The van der Waals surface area contributed by atoms with E-state index in [0.717, 1.165) is 0 Å². The van der Waals surface area contributed by atoms with Gasteiger partial charge in [0.1, 0.15) is 6.61 Å². The third kappa shape index (κ3) is 3.56. The number of carbonyl (C=O) groups is 2. The summed E-state index contributed by atoms with van der Waals surface area (Å²) in [7, 11) is 0. The second-order valence-electron chi connectivity index (χ2n) is 4.89. The second kappa shape index (κ2) is 5.90. The van der Waals surface area contributed by atoms with E-state index in [9.17, 15) is 9.59 Å². The first kappa shape index (κ1) is 15.0. The number of aromatic carboxylic acids is 1. The molecule has 0 bridgehead atoms. The lowest BCUT2D eigenvalue weighted by atomic mass is 10.0. The molecular weight excluding hydrogens is 328 g/mol. The van der Waals surface area contributed by atoms with E-state index in [0.29, 0.717) is 17.6 Å². The third-order valence-corrected chi connectivity index (χ3v) is 3.53. The van der Waals surface area contributed by atoms with Gasteiger partial charge in [-0.25, -0.2) is 4.79 Å². The molecule has 0 aliphatic carbocycles. The summed E-state index contributed by atoms with van der Waals surface area (Å²) >= 11 is 3.24. The van der Waals surface area contributed by atoms with Gasteiger partial charge in [0.25, 0.3) is 0 Å². The lowest BCUT2D eigenvalue weighted by Gasteiger charge is -2.38. The van der Waals surface area contributed by atoms with Gasteiger partial charge < -0.3 is 20.5 Å². The van der Waals surface area contributed by atoms with Crippen LogP contribution in [0.3, 0.4) is 0 Å². The highest BCUT2D eigenvalue weighted by molar-refractivity contribution is 9.10. The van der Waals surface area contributed by atoms with Gasteiger partial charge in [-0.2, -0.15) is 0 Å². The molecule has 1 aliphatic heterocycles. The van der Waals surface area contributed by atoms with Crippen molar-refractivity contribution in [3.8, 4) is 0 Å². The molecule has 7 heteroatoms. The van der Waals surface area contributed by atoms with E-state index in [2.05, 4.69) is 26.6 Å². The van der Waals surface area contributed by atoms with E-state index in [1.807, 2.05) is 6.92 Å². The minimum Gasteiger partial charge on any atom is -0.478 e. The fraction of sp³-hybridized carbons (Fsp3) is 0.385. The maximum absolute atomic E-state index is 11.8. The van der Waals surface area contributed by atoms with Crippen LogP contribution in [0.25, 0.3) is 0 Å². The van der Waals surface area contributed by atoms with Crippen molar-refractivity contribution in [3.05, 3.63) is 28.2 Å². The van der Waals surface area contributed by atoms with Crippen LogP contribution in [-0.2, 0) is 9.53 Å². The van der Waals surface area contributed by atoms with Crippen LogP contribution in [0.5, 0.6) is 0 Å². The summed E-state index contributed by atoms with van der Waals surface area (Å²) in [5, 5.41) is 14.7. The molecule has 0 radical (unpaired) electrons. The highest BCUT2D eigenvalue weighted by atomic mass is 79.9. The molecule has 1 fully saturated rings. The van der Waals surface area contributed by atoms with Crippen LogP contribution < -0.4 is 10.6 Å². The zero-order chi connectivity index (χ0) is 14.8. The Hall–Kier alpha value is -1.44. The molecule has 3 N–H and O–H groups in total. The minimum atomic E-state index is -1.09. The molecule has 0 aromatic heterocycles. The van der Waals surface area contributed by atoms with Gasteiger partial charge >= 0.3 is 5.97 Å². The predicted molar refractivity (Wildman–Crippen MR) is 77.0 cm³/mol. The van der Waals surface area contributed by atoms with Crippen LogP contribution >= 0.6 is 15.9 Å². The number of anilines is 1. The van der Waals surface area contributed by atoms with Gasteiger partial charge in [0, 0.05) is 17.6 Å². The van der Waals surface area contributed by atoms with E-state index in [-0.39, 0.29) is 29.4 Å². The summed E-state index contributed by atoms with van der Waals surface area (Å²) in [6.45, 7) is 3.22. The Kier molecular flexibility index (Phi) is 4.42. The van der Waals surface area contributed by atoms with Gasteiger partial charge in [0.05, 0.1) is 16.9 Å². The molecule has 0 saturated carbocycles. The monoisotopic (exact) mass is 342 g/mol. The van der Waals surface area contributed by atoms with Gasteiger partial charge in [-0.1, -0.05) is 15.9 Å². The van der Waals surface area contributed by atoms with E-state index in [1.54, 1.807) is 12.1 Å². The topological polar surface area (TPSA) is 87.7 Å². The number of ether oxygens (including phenoxy) is 1. The molecule has 1 amide bonds. The van der Waals surface area contributed by atoms with Gasteiger partial charge in [0.15, 0.2) is 0 Å². The molecule has 0 atom stereocenters. The maximum atomic E-state index is 11.8. The molecule has 1 aliphatic rings. The molecular formula is C13H15BrN2O4. The summed E-state index contributed by atoms with van der Waals surface area (Å²) in [5.74, 6) is -1.47. The minimum absolute atomic E-state index is 0.0399. The first-order chi connectivity index (χ1) is 9.39. The fourth-order valence-electron chi connectivity index (χ4n) is 1.81. The van der Waals surface area contributed by atoms with Crippen molar-refractivity contribution in [2.75, 3.05) is 25.0 Å². The number of nitrogens with one attached hydrogen (secondary N) is 2. The molecule has 1 heterocycles. The zero-order valence-electron chi connectivity index (χ0n) is 10.9. The van der Waals surface area contributed by atoms with Crippen LogP contribution in [0.15, 0.2) is 22.7 Å². The molecule has 1 aromatic carbocycles. The van der Waals surface area contributed by atoms with Gasteiger partial charge in [0.2, 0.25) is 5.91 Å². The molecule has 108 valence electrons. The normalized spacial score (nSPS) is 16.3. The Morgan fingerprint density at radius 3 is 2.75 bits per heavy atom. The first-order valence-electron chi connectivity index (χ1n) is 6.07. The summed E-state index contributed by atoms with van der Waals surface area (Å²) in [6, 6.07) is 4.59. The maximum Gasteiger partial charge on any atom is 0.337 e. The van der Waals surface area contributed by atoms with Crippen molar-refractivity contribution < 1.29 is 19.4 Å². The lowest BCUT2D eigenvalue weighted by Crippen LogP contribution is -2.59. The molecule has 20 heavy (non-hydrogen) atoms. The number of amides is 1. The molecule has 1 aromatic rings. The average Bonchev–Trinajstić information content (AvgIpc) is 2.33. The van der Waals surface area contributed by atoms with Crippen LogP contribution in [0.4, 0.5) is 5.69 Å². The Morgan fingerprint density at radius 1 is 1.50 bits per heavy atom. The van der Waals surface area contributed by atoms with Crippen LogP contribution in [-0.4, -0.2) is 42.3 Å². The second-order valence-corrected chi connectivity index (χ2v) is 5.80. The number of carboxylic acids is 1. The van der Waals surface area contributed by atoms with E-state index in [1.165, 1.54) is 6.07 Å². The van der Waals surface area contributed by atoms with Crippen molar-refractivity contribution in [3.63, 3.8) is 0 Å². The third-order valence-electron chi connectivity index (χ3n) is 3.04. The summed E-state index contributed by atoms with van der Waals surface area (Å²) in [5.41, 5.74) is -0.0278. The predicted octanol–water partition coefficient (Wildman–Crippen LogP) is 1.46. The van der Waals surface area contributed by atoms with Gasteiger partial charge in [-0.15, -0.1) is 0 Å². The standard InChI is InChI=1S/C13H15BrN2O4/c1-13(6-15-7-13)20-5-11(17)16-10-4-8(14)2-3-9(10)12(18)19/h2-4,15H,5-7H2,1H3,(H,16,17)(H,18,19). The van der Waals surface area contributed by atoms with Crippen molar-refractivity contribution in [1.82, 2.24) is 5.32 Å². The Labute approximate surface area is 124 Å². The largest absolute Gasteiger partial charge is 0.478 e. The first-order valence-corrected chi connectivity index (χ1v) is 6.86. The summed E-state index contributed by atoms with van der Waals surface area (Å²) < 4.78 is 6.19. The van der Waals surface area contributed by atoms with Gasteiger partial charge in [-0.05, 0) is 25.1 Å². The molecule has 2 rings (SSSR count). The number of rotatable bonds is 5. The number of halogens is 1. The smallest absolute Gasteiger partial charge is 0.337 e. The summed E-state index contributed by atoms with van der Waals surface area (Å²) in [6.07, 6.45) is 0. The number of carbonyl (C=O) groups excluding carboxylic acids is 1. The van der Waals surface area contributed by atoms with Crippen LogP contribution in [0, 0.1) is 0 Å². The molecule has 6 nitrogen and oxygen atoms in total. The Balaban J connectivity index is 1.99. The quantitative estimate of drug-likeness (QED) is 0.754. The van der Waals surface area contributed by atoms with E-state index >= 15 is 0 Å². The SMILES string of the molecule is CC1(OCC(=O)Nc2cc(Br)ccc2C(=O)O)CNC1. The Morgan fingerprint density at radius 2 is 2.20 bits per heavy atom. The number of hydrogen-bond donors (Lipinski definition) is 3. The highest BCUT2D eigenvalue weighted by Crippen LogP contribution is 2.22. The average molecular weight is 343 g/mol. The molecule has 0 unspecified atom stereocenters. The van der Waals surface area contributed by atoms with E-state index < -0.39 is 5.97 Å². The highest BCUT2D eigenvalue weighted by Gasteiger charge is 2.33. The van der Waals surface area contributed by atoms with Crippen LogP contribution in [0.1, 0.15) is 17.3 Å². The number of benzene rings is 1. The van der Waals surface area contributed by atoms with Crippen molar-refractivity contribution in [2.45, 2.75) is 12.5 Å². The molecule has 0 spiro atoms. The van der Waals surface area contributed by atoms with Crippen molar-refractivity contribution in [1.29, 1.82) is 0 Å². The van der Waals surface area contributed by atoms with E-state index in [4.69, 9.17) is 9.84 Å².